The maximum absolute atomic E-state index is 12.0. The summed E-state index contributed by atoms with van der Waals surface area (Å²) in [6, 6.07) is 6.52. The molecule has 1 rings (SSSR count). The molecule has 4 nitrogen and oxygen atoms in total. The number of hydrogen-bond donors (Lipinski definition) is 2. The summed E-state index contributed by atoms with van der Waals surface area (Å²) in [4.78, 5) is 0.168. The fourth-order valence-corrected chi connectivity index (χ4v) is 3.12. The van der Waals surface area contributed by atoms with Crippen molar-refractivity contribution >= 4 is 15.7 Å². The van der Waals surface area contributed by atoms with Crippen LogP contribution in [0.25, 0.3) is 0 Å². The van der Waals surface area contributed by atoms with E-state index in [2.05, 4.69) is 11.6 Å². The van der Waals surface area contributed by atoms with Crippen molar-refractivity contribution in [2.24, 2.45) is 0 Å². The van der Waals surface area contributed by atoms with Crippen molar-refractivity contribution in [2.75, 3.05) is 12.3 Å². The third-order valence-corrected chi connectivity index (χ3v) is 4.57. The minimum Gasteiger partial charge on any atom is -0.398 e. The molecule has 3 N–H and O–H groups in total. The Morgan fingerprint density at radius 2 is 1.68 bits per heavy atom. The van der Waals surface area contributed by atoms with E-state index >= 15 is 0 Å². The van der Waals surface area contributed by atoms with Crippen LogP contribution < -0.4 is 10.5 Å². The van der Waals surface area contributed by atoms with E-state index in [1.165, 1.54) is 31.7 Å². The van der Waals surface area contributed by atoms with E-state index in [-0.39, 0.29) is 10.6 Å². The fraction of sp³-hybridized carbons (Fsp3) is 0.571. The van der Waals surface area contributed by atoms with Crippen LogP contribution in [0.1, 0.15) is 45.4 Å². The van der Waals surface area contributed by atoms with Crippen LogP contribution in [-0.4, -0.2) is 15.0 Å². The number of hydrogen-bond acceptors (Lipinski definition) is 3. The molecule has 0 amide bonds. The average Bonchev–Trinajstić information content (AvgIpc) is 2.38. The lowest BCUT2D eigenvalue weighted by Gasteiger charge is -2.08. The predicted octanol–water partition coefficient (Wildman–Crippen LogP) is 2.91. The number of unbranched alkanes of at least 4 members (excludes halogenated alkanes) is 5. The van der Waals surface area contributed by atoms with Gasteiger partial charge in [0.1, 0.15) is 4.90 Å². The number of rotatable bonds is 9. The molecule has 5 heteroatoms. The lowest BCUT2D eigenvalue weighted by Crippen LogP contribution is -2.25. The summed E-state index contributed by atoms with van der Waals surface area (Å²) in [5, 5.41) is 0. The van der Waals surface area contributed by atoms with Crippen molar-refractivity contribution in [1.29, 1.82) is 0 Å². The van der Waals surface area contributed by atoms with Gasteiger partial charge in [-0.05, 0) is 18.6 Å². The first-order valence-electron chi connectivity index (χ1n) is 6.92. The maximum atomic E-state index is 12.0. The van der Waals surface area contributed by atoms with E-state index in [0.29, 0.717) is 6.54 Å². The molecule has 0 aliphatic heterocycles. The van der Waals surface area contributed by atoms with Crippen LogP contribution in [0.4, 0.5) is 5.69 Å². The summed E-state index contributed by atoms with van der Waals surface area (Å²) in [5.41, 5.74) is 5.96. The van der Waals surface area contributed by atoms with Gasteiger partial charge in [-0.1, -0.05) is 51.2 Å². The smallest absolute Gasteiger partial charge is 0.242 e. The molecular formula is C14H24N2O2S. The summed E-state index contributed by atoms with van der Waals surface area (Å²) >= 11 is 0. The number of nitrogens with one attached hydrogen (secondary N) is 1. The second-order valence-corrected chi connectivity index (χ2v) is 6.44. The molecule has 0 spiro atoms. The second kappa shape index (κ2) is 8.17. The van der Waals surface area contributed by atoms with Gasteiger partial charge in [0.15, 0.2) is 0 Å². The minimum absolute atomic E-state index is 0.168. The van der Waals surface area contributed by atoms with Crippen LogP contribution in [0, 0.1) is 0 Å². The topological polar surface area (TPSA) is 72.2 Å². The Kier molecular flexibility index (Phi) is 6.87. The number of nitrogen functional groups attached to an aromatic ring is 1. The summed E-state index contributed by atoms with van der Waals surface area (Å²) in [5.74, 6) is 0. The van der Waals surface area contributed by atoms with Gasteiger partial charge in [-0.15, -0.1) is 0 Å². The predicted molar refractivity (Wildman–Crippen MR) is 79.4 cm³/mol. The molecule has 0 aromatic heterocycles. The van der Waals surface area contributed by atoms with E-state index in [1.807, 2.05) is 0 Å². The molecule has 0 atom stereocenters. The van der Waals surface area contributed by atoms with E-state index in [9.17, 15) is 8.42 Å². The Morgan fingerprint density at radius 1 is 1.05 bits per heavy atom. The molecule has 0 radical (unpaired) electrons. The Morgan fingerprint density at radius 3 is 2.37 bits per heavy atom. The van der Waals surface area contributed by atoms with Crippen LogP contribution in [-0.2, 0) is 10.0 Å². The first-order chi connectivity index (χ1) is 9.08. The zero-order valence-corrected chi connectivity index (χ0v) is 12.4. The number of nitrogens with two attached hydrogens (primary N) is 1. The van der Waals surface area contributed by atoms with Crippen molar-refractivity contribution in [3.8, 4) is 0 Å². The monoisotopic (exact) mass is 284 g/mol. The largest absolute Gasteiger partial charge is 0.398 e. The number of sulfonamides is 1. The standard InChI is InChI=1S/C14H24N2O2S/c1-2-3-4-5-6-9-12-16-19(17,18)14-11-8-7-10-13(14)15/h7-8,10-11,16H,2-6,9,12,15H2,1H3. The molecule has 0 unspecified atom stereocenters. The van der Waals surface area contributed by atoms with Gasteiger partial charge in [0.25, 0.3) is 0 Å². The van der Waals surface area contributed by atoms with Crippen LogP contribution in [0.5, 0.6) is 0 Å². The van der Waals surface area contributed by atoms with Crippen LogP contribution >= 0.6 is 0 Å². The Labute approximate surface area is 116 Å². The molecule has 0 bridgehead atoms. The zero-order chi connectivity index (χ0) is 14.1. The lowest BCUT2D eigenvalue weighted by atomic mass is 10.1. The first-order valence-corrected chi connectivity index (χ1v) is 8.40. The SMILES string of the molecule is CCCCCCCCNS(=O)(=O)c1ccccc1N. The van der Waals surface area contributed by atoms with Crippen LogP contribution in [0.2, 0.25) is 0 Å². The van der Waals surface area contributed by atoms with Crippen LogP contribution in [0.15, 0.2) is 29.2 Å². The van der Waals surface area contributed by atoms with Crippen molar-refractivity contribution in [3.63, 3.8) is 0 Å². The van der Waals surface area contributed by atoms with Gasteiger partial charge in [-0.2, -0.15) is 0 Å². The number of benzene rings is 1. The normalized spacial score (nSPS) is 11.6. The highest BCUT2D eigenvalue weighted by atomic mass is 32.2. The number of para-hydroxylation sites is 1. The fourth-order valence-electron chi connectivity index (χ4n) is 1.91. The molecule has 0 saturated carbocycles. The van der Waals surface area contributed by atoms with E-state index < -0.39 is 10.0 Å². The summed E-state index contributed by atoms with van der Waals surface area (Å²) in [7, 11) is -3.46. The molecule has 0 saturated heterocycles. The molecule has 0 aliphatic carbocycles. The van der Waals surface area contributed by atoms with E-state index in [1.54, 1.807) is 18.2 Å². The van der Waals surface area contributed by atoms with Crippen molar-refractivity contribution in [1.82, 2.24) is 4.72 Å². The molecule has 108 valence electrons. The summed E-state index contributed by atoms with van der Waals surface area (Å²) < 4.78 is 26.6. The van der Waals surface area contributed by atoms with Crippen LogP contribution in [0.3, 0.4) is 0 Å². The Hall–Kier alpha value is -1.07. The molecule has 19 heavy (non-hydrogen) atoms. The molecular weight excluding hydrogens is 260 g/mol. The van der Waals surface area contributed by atoms with Gasteiger partial charge >= 0.3 is 0 Å². The number of anilines is 1. The highest BCUT2D eigenvalue weighted by molar-refractivity contribution is 7.89. The van der Waals surface area contributed by atoms with Gasteiger partial charge in [0.2, 0.25) is 10.0 Å². The van der Waals surface area contributed by atoms with Crippen molar-refractivity contribution < 1.29 is 8.42 Å². The van der Waals surface area contributed by atoms with E-state index in [4.69, 9.17) is 5.73 Å². The van der Waals surface area contributed by atoms with Gasteiger partial charge in [-0.25, -0.2) is 13.1 Å². The van der Waals surface area contributed by atoms with Gasteiger partial charge in [0.05, 0.1) is 5.69 Å². The highest BCUT2D eigenvalue weighted by Gasteiger charge is 2.15. The highest BCUT2D eigenvalue weighted by Crippen LogP contribution is 2.16. The Bertz CT molecular complexity index is 472. The molecule has 1 aromatic carbocycles. The van der Waals surface area contributed by atoms with Gasteiger partial charge < -0.3 is 5.73 Å². The first kappa shape index (κ1) is 16.0. The Balaban J connectivity index is 2.34. The second-order valence-electron chi connectivity index (χ2n) is 4.70. The third kappa shape index (κ3) is 5.61. The van der Waals surface area contributed by atoms with Crippen molar-refractivity contribution in [2.45, 2.75) is 50.3 Å². The quantitative estimate of drug-likeness (QED) is 0.541. The lowest BCUT2D eigenvalue weighted by molar-refractivity contribution is 0.568. The molecule has 0 aliphatic rings. The van der Waals surface area contributed by atoms with Gasteiger partial charge in [0, 0.05) is 6.54 Å². The van der Waals surface area contributed by atoms with E-state index in [0.717, 1.165) is 12.8 Å². The third-order valence-electron chi connectivity index (χ3n) is 3.03. The summed E-state index contributed by atoms with van der Waals surface area (Å²) in [6.45, 7) is 2.65. The minimum atomic E-state index is -3.46. The molecule has 1 aromatic rings. The van der Waals surface area contributed by atoms with Crippen molar-refractivity contribution in [3.05, 3.63) is 24.3 Å². The molecule has 0 heterocycles. The maximum Gasteiger partial charge on any atom is 0.242 e. The van der Waals surface area contributed by atoms with Gasteiger partial charge in [-0.3, -0.25) is 0 Å². The zero-order valence-electron chi connectivity index (χ0n) is 11.6. The molecule has 0 fully saturated rings. The summed E-state index contributed by atoms with van der Waals surface area (Å²) in [6.07, 6.45) is 6.81. The average molecular weight is 284 g/mol.